The quantitative estimate of drug-likeness (QED) is 0.687. The second-order valence-electron chi connectivity index (χ2n) is 4.94. The van der Waals surface area contributed by atoms with Crippen LogP contribution in [0.2, 0.25) is 0 Å². The van der Waals surface area contributed by atoms with Crippen molar-refractivity contribution in [2.45, 2.75) is 11.8 Å². The van der Waals surface area contributed by atoms with Gasteiger partial charge in [0.2, 0.25) is 5.91 Å². The summed E-state index contributed by atoms with van der Waals surface area (Å²) in [5.74, 6) is -0.230. The van der Waals surface area contributed by atoms with E-state index in [2.05, 4.69) is 36.2 Å². The topological polar surface area (TPSA) is 105 Å². The summed E-state index contributed by atoms with van der Waals surface area (Å²) < 4.78 is 29.9. The van der Waals surface area contributed by atoms with E-state index < -0.39 is 10.0 Å². The fourth-order valence-electron chi connectivity index (χ4n) is 2.10. The molecule has 0 aliphatic rings. The summed E-state index contributed by atoms with van der Waals surface area (Å²) in [6.07, 6.45) is 3.19. The number of carbonyl (C=O) groups excluding carboxylic acids is 1. The molecule has 2 heterocycles. The number of sulfonamides is 1. The molecule has 1 amide bonds. The van der Waals surface area contributed by atoms with Gasteiger partial charge in [0.05, 0.1) is 10.6 Å². The number of halogens is 1. The molecule has 2 N–H and O–H groups in total. The number of aromatic nitrogens is 3. The normalized spacial score (nSPS) is 11.4. The highest BCUT2D eigenvalue weighted by Crippen LogP contribution is 2.24. The molecule has 0 radical (unpaired) electrons. The maximum atomic E-state index is 12.5. The molecule has 3 aromatic rings. The van der Waals surface area contributed by atoms with E-state index in [1.807, 2.05) is 0 Å². The van der Waals surface area contributed by atoms with E-state index in [9.17, 15) is 13.2 Å². The first kappa shape index (κ1) is 16.4. The molecule has 0 fully saturated rings. The van der Waals surface area contributed by atoms with Crippen molar-refractivity contribution in [1.82, 2.24) is 14.6 Å². The van der Waals surface area contributed by atoms with E-state index in [-0.39, 0.29) is 10.8 Å². The highest BCUT2D eigenvalue weighted by atomic mass is 79.9. The summed E-state index contributed by atoms with van der Waals surface area (Å²) in [7, 11) is -3.81. The van der Waals surface area contributed by atoms with E-state index in [4.69, 9.17) is 0 Å². The fourth-order valence-corrected chi connectivity index (χ4v) is 3.60. The van der Waals surface area contributed by atoms with Crippen LogP contribution in [0.15, 0.2) is 52.2 Å². The Morgan fingerprint density at radius 3 is 2.62 bits per heavy atom. The van der Waals surface area contributed by atoms with Gasteiger partial charge in [-0.3, -0.25) is 13.9 Å². The number of nitrogens with zero attached hydrogens (tertiary/aromatic N) is 3. The number of anilines is 2. The van der Waals surface area contributed by atoms with Crippen LogP contribution in [0.5, 0.6) is 0 Å². The molecular formula is C14H12BrN5O3S. The second-order valence-corrected chi connectivity index (χ2v) is 7.54. The van der Waals surface area contributed by atoms with Crippen LogP contribution in [0.3, 0.4) is 0 Å². The average molecular weight is 410 g/mol. The van der Waals surface area contributed by atoms with Crippen molar-refractivity contribution in [3.05, 3.63) is 47.3 Å². The first-order valence-electron chi connectivity index (χ1n) is 6.74. The predicted molar refractivity (Wildman–Crippen MR) is 92.2 cm³/mol. The number of nitrogens with one attached hydrogen (secondary N) is 2. The highest BCUT2D eigenvalue weighted by Gasteiger charge is 2.17. The van der Waals surface area contributed by atoms with Crippen molar-refractivity contribution < 1.29 is 13.2 Å². The zero-order valence-corrected chi connectivity index (χ0v) is 14.8. The van der Waals surface area contributed by atoms with Crippen LogP contribution in [-0.2, 0) is 14.8 Å². The molecule has 10 heteroatoms. The molecule has 124 valence electrons. The molecule has 8 nitrogen and oxygen atoms in total. The molecule has 0 saturated heterocycles. The molecule has 0 bridgehead atoms. The van der Waals surface area contributed by atoms with Gasteiger partial charge in [-0.25, -0.2) is 8.42 Å². The second kappa shape index (κ2) is 6.21. The Balaban J connectivity index is 1.93. The van der Waals surface area contributed by atoms with Crippen molar-refractivity contribution in [1.29, 1.82) is 0 Å². The molecule has 1 aromatic carbocycles. The molecule has 0 saturated carbocycles. The Bertz CT molecular complexity index is 1010. The van der Waals surface area contributed by atoms with Gasteiger partial charge in [-0.15, -0.1) is 10.2 Å². The van der Waals surface area contributed by atoms with Gasteiger partial charge in [0, 0.05) is 23.3 Å². The summed E-state index contributed by atoms with van der Waals surface area (Å²) >= 11 is 3.31. The molecule has 24 heavy (non-hydrogen) atoms. The average Bonchev–Trinajstić information content (AvgIpc) is 2.95. The monoisotopic (exact) mass is 409 g/mol. The minimum absolute atomic E-state index is 0.0641. The SMILES string of the molecule is CC(=O)Nc1ccc(S(=O)(=O)Nc2cc(Br)cn3cnnc23)cc1. The molecule has 0 spiro atoms. The standard InChI is InChI=1S/C14H12BrN5O3S/c1-9(21)17-11-2-4-12(5-3-11)24(22,23)19-13-6-10(15)7-20-8-16-18-14(13)20/h2-8,19H,1H3,(H,17,21). The summed E-state index contributed by atoms with van der Waals surface area (Å²) in [5.41, 5.74) is 1.20. The smallest absolute Gasteiger partial charge is 0.262 e. The minimum atomic E-state index is -3.81. The van der Waals surface area contributed by atoms with Crippen molar-refractivity contribution in [3.8, 4) is 0 Å². The van der Waals surface area contributed by atoms with Crippen LogP contribution < -0.4 is 10.0 Å². The van der Waals surface area contributed by atoms with E-state index in [0.717, 1.165) is 0 Å². The minimum Gasteiger partial charge on any atom is -0.326 e. The Morgan fingerprint density at radius 2 is 1.96 bits per heavy atom. The van der Waals surface area contributed by atoms with Crippen LogP contribution in [0.1, 0.15) is 6.92 Å². The number of benzene rings is 1. The van der Waals surface area contributed by atoms with Gasteiger partial charge < -0.3 is 5.32 Å². The maximum absolute atomic E-state index is 12.5. The number of carbonyl (C=O) groups is 1. The first-order chi connectivity index (χ1) is 11.3. The van der Waals surface area contributed by atoms with Crippen molar-refractivity contribution >= 4 is 48.9 Å². The Morgan fingerprint density at radius 1 is 1.25 bits per heavy atom. The third-order valence-electron chi connectivity index (χ3n) is 3.09. The number of amides is 1. The van der Waals surface area contributed by atoms with E-state index >= 15 is 0 Å². The molecule has 3 rings (SSSR count). The molecule has 0 atom stereocenters. The van der Waals surface area contributed by atoms with Gasteiger partial charge in [0.1, 0.15) is 6.33 Å². The zero-order valence-electron chi connectivity index (χ0n) is 12.4. The number of fused-ring (bicyclic) bond motifs is 1. The zero-order chi connectivity index (χ0) is 17.3. The van der Waals surface area contributed by atoms with E-state index in [0.29, 0.717) is 21.5 Å². The Hall–Kier alpha value is -2.46. The Labute approximate surface area is 146 Å². The van der Waals surface area contributed by atoms with Gasteiger partial charge in [0.25, 0.3) is 10.0 Å². The molecule has 0 aliphatic heterocycles. The summed E-state index contributed by atoms with van der Waals surface area (Å²) in [6, 6.07) is 7.46. The van der Waals surface area contributed by atoms with Gasteiger partial charge in [0.15, 0.2) is 5.65 Å². The lowest BCUT2D eigenvalue weighted by molar-refractivity contribution is -0.114. The number of pyridine rings is 1. The largest absolute Gasteiger partial charge is 0.326 e. The predicted octanol–water partition coefficient (Wildman–Crippen LogP) is 2.25. The van der Waals surface area contributed by atoms with E-state index in [1.165, 1.54) is 37.5 Å². The van der Waals surface area contributed by atoms with Crippen LogP contribution >= 0.6 is 15.9 Å². The molecule has 2 aromatic heterocycles. The first-order valence-corrected chi connectivity index (χ1v) is 9.02. The maximum Gasteiger partial charge on any atom is 0.262 e. The molecule has 0 aliphatic carbocycles. The van der Waals surface area contributed by atoms with Crippen LogP contribution in [0.25, 0.3) is 5.65 Å². The number of hydrogen-bond donors (Lipinski definition) is 2. The molecular weight excluding hydrogens is 398 g/mol. The number of rotatable bonds is 4. The Kier molecular flexibility index (Phi) is 4.24. The lowest BCUT2D eigenvalue weighted by atomic mass is 10.3. The lowest BCUT2D eigenvalue weighted by Gasteiger charge is -2.10. The van der Waals surface area contributed by atoms with Crippen LogP contribution in [-0.4, -0.2) is 28.9 Å². The third kappa shape index (κ3) is 3.39. The van der Waals surface area contributed by atoms with Gasteiger partial charge in [-0.05, 0) is 46.3 Å². The van der Waals surface area contributed by atoms with Gasteiger partial charge in [-0.1, -0.05) is 0 Å². The fraction of sp³-hybridized carbons (Fsp3) is 0.0714. The van der Waals surface area contributed by atoms with Crippen molar-refractivity contribution in [3.63, 3.8) is 0 Å². The summed E-state index contributed by atoms with van der Waals surface area (Å²) in [4.78, 5) is 11.1. The summed E-state index contributed by atoms with van der Waals surface area (Å²) in [5, 5.41) is 10.2. The van der Waals surface area contributed by atoms with E-state index in [1.54, 1.807) is 16.7 Å². The molecule has 0 unspecified atom stereocenters. The van der Waals surface area contributed by atoms with Crippen molar-refractivity contribution in [2.24, 2.45) is 0 Å². The van der Waals surface area contributed by atoms with Crippen LogP contribution in [0.4, 0.5) is 11.4 Å². The summed E-state index contributed by atoms with van der Waals surface area (Å²) in [6.45, 7) is 1.38. The third-order valence-corrected chi connectivity index (χ3v) is 4.90. The van der Waals surface area contributed by atoms with Gasteiger partial charge >= 0.3 is 0 Å². The van der Waals surface area contributed by atoms with Crippen LogP contribution in [0, 0.1) is 0 Å². The highest BCUT2D eigenvalue weighted by molar-refractivity contribution is 9.10. The van der Waals surface area contributed by atoms with Crippen molar-refractivity contribution in [2.75, 3.05) is 10.0 Å². The van der Waals surface area contributed by atoms with Gasteiger partial charge in [-0.2, -0.15) is 0 Å². The lowest BCUT2D eigenvalue weighted by Crippen LogP contribution is -2.14. The number of hydrogen-bond acceptors (Lipinski definition) is 5.